The van der Waals surface area contributed by atoms with Gasteiger partial charge < -0.3 is 24.2 Å². The number of allylic oxidation sites excluding steroid dienone is 12. The van der Waals surface area contributed by atoms with Gasteiger partial charge in [-0.3, -0.25) is 23.4 Å². The van der Waals surface area contributed by atoms with Gasteiger partial charge in [-0.2, -0.15) is 0 Å². The van der Waals surface area contributed by atoms with Crippen molar-refractivity contribution in [1.29, 1.82) is 0 Å². The Morgan fingerprint density at radius 3 is 1.03 bits per heavy atom. The van der Waals surface area contributed by atoms with Crippen LogP contribution >= 0.6 is 7.82 Å². The number of hydrogen-bond acceptors (Lipinski definition) is 10. The summed E-state index contributed by atoms with van der Waals surface area (Å²) in [6.07, 6.45) is 68.7. The Labute approximate surface area is 478 Å². The van der Waals surface area contributed by atoms with Crippen LogP contribution in [0.15, 0.2) is 72.9 Å². The molecular weight excluding hydrogens is 1000 g/mol. The molecule has 0 aliphatic rings. The molecule has 0 rings (SSSR count). The lowest BCUT2D eigenvalue weighted by Gasteiger charge is -2.21. The summed E-state index contributed by atoms with van der Waals surface area (Å²) < 4.78 is 39.6. The first kappa shape index (κ1) is 74.9. The number of hydrogen-bond donors (Lipinski definition) is 2. The molecule has 452 valence electrons. The summed E-state index contributed by atoms with van der Waals surface area (Å²) in [4.78, 5) is 48.7. The molecule has 0 saturated heterocycles. The number of carbonyl (C=O) groups excluding carboxylic acids is 3. The maximum atomic E-state index is 12.9. The monoisotopic (exact) mass is 1120 g/mol. The molecule has 0 bridgehead atoms. The molecule has 0 heterocycles. The van der Waals surface area contributed by atoms with E-state index in [1.165, 1.54) is 154 Å². The predicted octanol–water partition coefficient (Wildman–Crippen LogP) is 19.3. The summed E-state index contributed by atoms with van der Waals surface area (Å²) in [5.41, 5.74) is 0. The maximum absolute atomic E-state index is 12.9. The van der Waals surface area contributed by atoms with Crippen LogP contribution in [-0.4, -0.2) is 66.5 Å². The third-order valence-electron chi connectivity index (χ3n) is 13.7. The Kier molecular flexibility index (Phi) is 57.7. The van der Waals surface area contributed by atoms with Gasteiger partial charge in [-0.05, 0) is 57.8 Å². The Balaban J connectivity index is 4.76. The summed E-state index contributed by atoms with van der Waals surface area (Å²) in [6.45, 7) is 4.50. The maximum Gasteiger partial charge on any atom is 0.472 e. The number of unbranched alkanes of at least 4 members (excludes halogenated alkanes) is 30. The Morgan fingerprint density at radius 2 is 0.667 bits per heavy atom. The number of ether oxygens (including phenoxy) is 3. The molecule has 78 heavy (non-hydrogen) atoms. The molecule has 0 aromatic heterocycles. The third kappa shape index (κ3) is 57.6. The third-order valence-corrected chi connectivity index (χ3v) is 14.6. The van der Waals surface area contributed by atoms with Gasteiger partial charge in [-0.15, -0.1) is 0 Å². The van der Waals surface area contributed by atoms with Crippen LogP contribution in [0.4, 0.5) is 0 Å². The van der Waals surface area contributed by atoms with Crippen LogP contribution in [0.25, 0.3) is 0 Å². The van der Waals surface area contributed by atoms with Crippen molar-refractivity contribution in [2.75, 3.05) is 26.4 Å². The van der Waals surface area contributed by atoms with Gasteiger partial charge in [0.05, 0.1) is 19.8 Å². The highest BCUT2D eigenvalue weighted by Crippen LogP contribution is 2.43. The van der Waals surface area contributed by atoms with Crippen molar-refractivity contribution in [2.45, 2.75) is 303 Å². The highest BCUT2D eigenvalue weighted by atomic mass is 31.2. The van der Waals surface area contributed by atoms with Crippen LogP contribution in [-0.2, 0) is 42.2 Å². The zero-order chi connectivity index (χ0) is 56.9. The molecule has 3 atom stereocenters. The first-order valence-corrected chi connectivity index (χ1v) is 33.3. The van der Waals surface area contributed by atoms with Gasteiger partial charge >= 0.3 is 25.7 Å². The van der Waals surface area contributed by atoms with E-state index in [0.717, 1.165) is 77.0 Å². The number of aliphatic hydroxyl groups excluding tert-OH is 1. The molecule has 2 N–H and O–H groups in total. The summed E-state index contributed by atoms with van der Waals surface area (Å²) >= 11 is 0. The van der Waals surface area contributed by atoms with Crippen LogP contribution in [0.3, 0.4) is 0 Å². The number of esters is 3. The fraction of sp³-hybridized carbons (Fsp3) is 0.773. The minimum Gasteiger partial charge on any atom is -0.462 e. The molecule has 0 aliphatic carbocycles. The summed E-state index contributed by atoms with van der Waals surface area (Å²) in [7, 11) is -4.77. The van der Waals surface area contributed by atoms with E-state index < -0.39 is 57.8 Å². The molecule has 0 aliphatic heterocycles. The van der Waals surface area contributed by atoms with Crippen molar-refractivity contribution >= 4 is 25.7 Å². The van der Waals surface area contributed by atoms with Crippen LogP contribution in [0.5, 0.6) is 0 Å². The molecule has 0 fully saturated rings. The summed E-state index contributed by atoms with van der Waals surface area (Å²) in [5.74, 6) is -1.55. The van der Waals surface area contributed by atoms with Gasteiger partial charge in [0, 0.05) is 19.3 Å². The van der Waals surface area contributed by atoms with E-state index in [-0.39, 0.29) is 25.9 Å². The normalized spacial score (nSPS) is 13.8. The van der Waals surface area contributed by atoms with Crippen molar-refractivity contribution in [2.24, 2.45) is 0 Å². The van der Waals surface area contributed by atoms with Crippen LogP contribution in [0, 0.1) is 0 Å². The zero-order valence-corrected chi connectivity index (χ0v) is 51.0. The molecular formula is C66H117O11P. The van der Waals surface area contributed by atoms with Gasteiger partial charge in [0.15, 0.2) is 6.10 Å². The van der Waals surface area contributed by atoms with E-state index in [2.05, 4.69) is 81.5 Å². The number of phosphoric acid groups is 1. The van der Waals surface area contributed by atoms with Crippen molar-refractivity contribution < 1.29 is 52.2 Å². The molecule has 0 amide bonds. The van der Waals surface area contributed by atoms with Crippen LogP contribution < -0.4 is 0 Å². The SMILES string of the molecule is CC/C=C\C/C=C\C/C=C\C/C=C\C/C=C\C/C=C\CCC(=O)OC(COC(=O)CCCCCCCCCCCCCCCCC)COP(=O)(O)OCC(CO)OC(=O)CCCCCCCCCCCCCCCCCCC. The highest BCUT2D eigenvalue weighted by molar-refractivity contribution is 7.47. The topological polar surface area (TPSA) is 155 Å². The van der Waals surface area contributed by atoms with Gasteiger partial charge in [-0.1, -0.05) is 286 Å². The molecule has 0 spiro atoms. The molecule has 3 unspecified atom stereocenters. The summed E-state index contributed by atoms with van der Waals surface area (Å²) in [6, 6.07) is 0. The molecule has 0 aromatic rings. The number of rotatable bonds is 59. The second-order valence-corrected chi connectivity index (χ2v) is 22.7. The molecule has 0 radical (unpaired) electrons. The van der Waals surface area contributed by atoms with E-state index in [9.17, 15) is 28.9 Å². The number of aliphatic hydroxyl groups is 1. The smallest absolute Gasteiger partial charge is 0.462 e. The molecule has 0 saturated carbocycles. The lowest BCUT2D eigenvalue weighted by Crippen LogP contribution is -2.30. The van der Waals surface area contributed by atoms with Gasteiger partial charge in [0.2, 0.25) is 0 Å². The second kappa shape index (κ2) is 60.0. The van der Waals surface area contributed by atoms with Crippen molar-refractivity contribution in [3.63, 3.8) is 0 Å². The molecule has 0 aromatic carbocycles. The lowest BCUT2D eigenvalue weighted by atomic mass is 10.0. The van der Waals surface area contributed by atoms with Crippen molar-refractivity contribution in [3.8, 4) is 0 Å². The highest BCUT2D eigenvalue weighted by Gasteiger charge is 2.28. The number of carbonyl (C=O) groups is 3. The zero-order valence-electron chi connectivity index (χ0n) is 50.1. The van der Waals surface area contributed by atoms with E-state index in [4.69, 9.17) is 23.3 Å². The second-order valence-electron chi connectivity index (χ2n) is 21.2. The van der Waals surface area contributed by atoms with Gasteiger partial charge in [0.25, 0.3) is 0 Å². The average Bonchev–Trinajstić information content (AvgIpc) is 3.43. The molecule has 11 nitrogen and oxygen atoms in total. The van der Waals surface area contributed by atoms with Crippen molar-refractivity contribution in [1.82, 2.24) is 0 Å². The van der Waals surface area contributed by atoms with E-state index in [1.54, 1.807) is 0 Å². The van der Waals surface area contributed by atoms with Gasteiger partial charge in [-0.25, -0.2) is 4.57 Å². The quantitative estimate of drug-likeness (QED) is 0.0197. The van der Waals surface area contributed by atoms with Crippen molar-refractivity contribution in [3.05, 3.63) is 72.9 Å². The van der Waals surface area contributed by atoms with Crippen LogP contribution in [0.1, 0.15) is 290 Å². The fourth-order valence-corrected chi connectivity index (χ4v) is 9.64. The van der Waals surface area contributed by atoms with E-state index >= 15 is 0 Å². The Hall–Kier alpha value is -3.08. The van der Waals surface area contributed by atoms with E-state index in [0.29, 0.717) is 19.3 Å². The average molecular weight is 1120 g/mol. The lowest BCUT2D eigenvalue weighted by molar-refractivity contribution is -0.161. The Bertz CT molecular complexity index is 1590. The largest absolute Gasteiger partial charge is 0.472 e. The molecule has 12 heteroatoms. The Morgan fingerprint density at radius 1 is 0.372 bits per heavy atom. The minimum atomic E-state index is -4.77. The minimum absolute atomic E-state index is 0.0437. The van der Waals surface area contributed by atoms with Gasteiger partial charge in [0.1, 0.15) is 12.7 Å². The fourth-order valence-electron chi connectivity index (χ4n) is 8.86. The first-order valence-electron chi connectivity index (χ1n) is 31.8. The van der Waals surface area contributed by atoms with E-state index in [1.807, 2.05) is 12.2 Å². The first-order chi connectivity index (χ1) is 38.2. The standard InChI is InChI=1S/C66H117O11P/c1-4-7-10-13-16-19-22-25-28-30-31-33-36-39-42-45-48-51-54-57-66(70)77-63(59-73-64(68)55-52-49-46-43-40-37-34-27-24-21-18-15-12-9-6-3)61-75-78(71,72)74-60-62(58-67)76-65(69)56-53-50-47-44-41-38-35-32-29-26-23-20-17-14-11-8-5-2/h7,10,16,19,25,28,31,33,39,42,48,51,62-63,67H,4-6,8-9,11-15,17-18,20-24,26-27,29-30,32,34-38,40-41,43-47,49-50,52-61H2,1-3H3,(H,71,72)/b10-7-,19-16-,28-25-,33-31-,42-39-,51-48-. The summed E-state index contributed by atoms with van der Waals surface area (Å²) in [5, 5.41) is 9.85. The number of phosphoric ester groups is 1. The van der Waals surface area contributed by atoms with Crippen LogP contribution in [0.2, 0.25) is 0 Å². The predicted molar refractivity (Wildman–Crippen MR) is 325 cm³/mol.